The van der Waals surface area contributed by atoms with Crippen molar-refractivity contribution in [3.63, 3.8) is 0 Å². The summed E-state index contributed by atoms with van der Waals surface area (Å²) in [6, 6.07) is 8.49. The zero-order valence-electron chi connectivity index (χ0n) is 13.0. The van der Waals surface area contributed by atoms with Crippen molar-refractivity contribution in [2.45, 2.75) is 0 Å². The second kappa shape index (κ2) is 7.10. The fourth-order valence-electron chi connectivity index (χ4n) is 2.01. The van der Waals surface area contributed by atoms with Gasteiger partial charge in [-0.15, -0.1) is 0 Å². The molecule has 0 fully saturated rings. The maximum absolute atomic E-state index is 11.8. The minimum atomic E-state index is -0.827. The molecule has 0 aliphatic carbocycles. The van der Waals surface area contributed by atoms with Crippen LogP contribution in [0.3, 0.4) is 0 Å². The summed E-state index contributed by atoms with van der Waals surface area (Å²) in [6.07, 6.45) is 3.03. The average molecular weight is 358 g/mol. The van der Waals surface area contributed by atoms with Crippen LogP contribution in [-0.2, 0) is 0 Å². The topological polar surface area (TPSA) is 113 Å². The lowest BCUT2D eigenvalue weighted by Gasteiger charge is -2.13. The van der Waals surface area contributed by atoms with E-state index in [4.69, 9.17) is 26.8 Å². The van der Waals surface area contributed by atoms with Crippen LogP contribution in [0, 0.1) is 0 Å². The molecule has 0 unspecified atom stereocenters. The molecule has 2 aromatic heterocycles. The van der Waals surface area contributed by atoms with Crippen molar-refractivity contribution in [3.8, 4) is 28.9 Å². The van der Waals surface area contributed by atoms with Crippen LogP contribution in [0.5, 0.6) is 17.2 Å². The Morgan fingerprint density at radius 3 is 2.36 bits per heavy atom. The number of hydrogen-bond acceptors (Lipinski definition) is 7. The first kappa shape index (κ1) is 16.6. The summed E-state index contributed by atoms with van der Waals surface area (Å²) in [7, 11) is 1.49. The van der Waals surface area contributed by atoms with Gasteiger partial charge in [0.05, 0.1) is 7.11 Å². The van der Waals surface area contributed by atoms with Gasteiger partial charge in [-0.2, -0.15) is 0 Å². The van der Waals surface area contributed by atoms with E-state index in [0.29, 0.717) is 11.5 Å². The Morgan fingerprint density at radius 1 is 1.04 bits per heavy atom. The fraction of sp³-hybridized carbons (Fsp3) is 0.0625. The van der Waals surface area contributed by atoms with Gasteiger partial charge in [-0.1, -0.05) is 23.7 Å². The number of ether oxygens (including phenoxy) is 2. The van der Waals surface area contributed by atoms with Crippen molar-refractivity contribution in [1.82, 2.24) is 19.9 Å². The maximum atomic E-state index is 11.8. The van der Waals surface area contributed by atoms with Crippen LogP contribution in [0.25, 0.3) is 11.6 Å². The molecule has 0 aliphatic heterocycles. The summed E-state index contributed by atoms with van der Waals surface area (Å²) >= 11 is 6.19. The second-order valence-corrected chi connectivity index (χ2v) is 5.06. The number of nitrogens with zero attached hydrogens (tertiary/aromatic N) is 4. The monoisotopic (exact) mass is 357 g/mol. The largest absolute Gasteiger partial charge is 0.493 e. The Balaban J connectivity index is 2.09. The number of nitrogens with two attached hydrogens (primary N) is 1. The molecule has 25 heavy (non-hydrogen) atoms. The quantitative estimate of drug-likeness (QED) is 0.698. The predicted octanol–water partition coefficient (Wildman–Crippen LogP) is 2.49. The van der Waals surface area contributed by atoms with Crippen LogP contribution >= 0.6 is 11.6 Å². The van der Waals surface area contributed by atoms with Gasteiger partial charge in [0.2, 0.25) is 0 Å². The van der Waals surface area contributed by atoms with Crippen molar-refractivity contribution < 1.29 is 14.3 Å². The Labute approximate surface area is 147 Å². The predicted molar refractivity (Wildman–Crippen MR) is 89.7 cm³/mol. The highest BCUT2D eigenvalue weighted by atomic mass is 35.5. The third-order valence-electron chi connectivity index (χ3n) is 3.10. The number of hydrogen-bond donors (Lipinski definition) is 1. The number of methoxy groups -OCH3 is 1. The van der Waals surface area contributed by atoms with Crippen molar-refractivity contribution >= 4 is 17.5 Å². The molecule has 3 aromatic rings. The average Bonchev–Trinajstić information content (AvgIpc) is 2.64. The minimum absolute atomic E-state index is 0.0618. The number of carbonyl (C=O) groups excluding carboxylic acids is 1. The van der Waals surface area contributed by atoms with Gasteiger partial charge < -0.3 is 15.2 Å². The van der Waals surface area contributed by atoms with Crippen LogP contribution in [-0.4, -0.2) is 33.0 Å². The summed E-state index contributed by atoms with van der Waals surface area (Å²) in [5.41, 5.74) is 5.23. The molecular formula is C16H12ClN5O3. The third-order valence-corrected chi connectivity index (χ3v) is 3.36. The van der Waals surface area contributed by atoms with Gasteiger partial charge in [0.15, 0.2) is 39.7 Å². The molecular weight excluding hydrogens is 346 g/mol. The van der Waals surface area contributed by atoms with Crippen LogP contribution in [0.2, 0.25) is 5.15 Å². The van der Waals surface area contributed by atoms with E-state index in [1.165, 1.54) is 19.5 Å². The zero-order chi connectivity index (χ0) is 17.8. The molecule has 0 bridgehead atoms. The molecule has 1 amide bonds. The van der Waals surface area contributed by atoms with Crippen molar-refractivity contribution in [2.24, 2.45) is 5.73 Å². The zero-order valence-corrected chi connectivity index (χ0v) is 13.8. The molecule has 0 spiro atoms. The van der Waals surface area contributed by atoms with E-state index >= 15 is 0 Å². The Hall–Kier alpha value is -3.26. The molecule has 2 heterocycles. The standard InChI is InChI=1S/C16H12ClN5O3/c1-24-9-5-2-3-6-10(9)25-12-11(14(18)23)21-16(22-13(12)17)15-19-7-4-8-20-15/h2-8H,1H3,(H2,18,23). The normalized spacial score (nSPS) is 10.3. The van der Waals surface area contributed by atoms with Crippen LogP contribution in [0.1, 0.15) is 10.5 Å². The van der Waals surface area contributed by atoms with Gasteiger partial charge in [0, 0.05) is 12.4 Å². The number of amides is 1. The van der Waals surface area contributed by atoms with Gasteiger partial charge in [-0.3, -0.25) is 4.79 Å². The molecule has 8 nitrogen and oxygen atoms in total. The van der Waals surface area contributed by atoms with Gasteiger partial charge in [-0.25, -0.2) is 19.9 Å². The molecule has 126 valence electrons. The molecule has 0 aliphatic rings. The summed E-state index contributed by atoms with van der Waals surface area (Å²) in [4.78, 5) is 28.1. The van der Waals surface area contributed by atoms with Crippen molar-refractivity contribution in [2.75, 3.05) is 7.11 Å². The fourth-order valence-corrected chi connectivity index (χ4v) is 2.22. The second-order valence-electron chi connectivity index (χ2n) is 4.71. The number of benzene rings is 1. The van der Waals surface area contributed by atoms with Crippen LogP contribution < -0.4 is 15.2 Å². The molecule has 0 saturated heterocycles. The summed E-state index contributed by atoms with van der Waals surface area (Å²) < 4.78 is 10.9. The smallest absolute Gasteiger partial charge is 0.271 e. The van der Waals surface area contributed by atoms with Gasteiger partial charge >= 0.3 is 0 Å². The highest BCUT2D eigenvalue weighted by Gasteiger charge is 2.22. The van der Waals surface area contributed by atoms with Crippen LogP contribution in [0.4, 0.5) is 0 Å². The van der Waals surface area contributed by atoms with E-state index in [1.807, 2.05) is 0 Å². The Bertz CT molecular complexity index is 921. The number of aromatic nitrogens is 4. The Kier molecular flexibility index (Phi) is 4.71. The number of rotatable bonds is 5. The highest BCUT2D eigenvalue weighted by molar-refractivity contribution is 6.31. The van der Waals surface area contributed by atoms with Gasteiger partial charge in [-0.05, 0) is 18.2 Å². The molecule has 9 heteroatoms. The molecule has 0 atom stereocenters. The molecule has 2 N–H and O–H groups in total. The van der Waals surface area contributed by atoms with E-state index in [-0.39, 0.29) is 28.2 Å². The number of carbonyl (C=O) groups is 1. The van der Waals surface area contributed by atoms with E-state index < -0.39 is 5.91 Å². The SMILES string of the molecule is COc1ccccc1Oc1c(Cl)nc(-c2ncccn2)nc1C(N)=O. The first-order chi connectivity index (χ1) is 12.1. The summed E-state index contributed by atoms with van der Waals surface area (Å²) in [5.74, 6) is 0.151. The van der Waals surface area contributed by atoms with E-state index in [0.717, 1.165) is 0 Å². The lowest BCUT2D eigenvalue weighted by Crippen LogP contribution is -2.16. The minimum Gasteiger partial charge on any atom is -0.493 e. The van der Waals surface area contributed by atoms with Gasteiger partial charge in [0.25, 0.3) is 5.91 Å². The number of primary amides is 1. The van der Waals surface area contributed by atoms with Crippen molar-refractivity contribution in [1.29, 1.82) is 0 Å². The third kappa shape index (κ3) is 3.48. The molecule has 3 rings (SSSR count). The summed E-state index contributed by atoms with van der Waals surface area (Å²) in [6.45, 7) is 0. The van der Waals surface area contributed by atoms with E-state index in [9.17, 15) is 4.79 Å². The lowest BCUT2D eigenvalue weighted by atomic mass is 10.3. The maximum Gasteiger partial charge on any atom is 0.271 e. The summed E-state index contributed by atoms with van der Waals surface area (Å²) in [5, 5.41) is -0.0999. The molecule has 0 radical (unpaired) electrons. The van der Waals surface area contributed by atoms with Crippen molar-refractivity contribution in [3.05, 3.63) is 53.6 Å². The van der Waals surface area contributed by atoms with E-state index in [2.05, 4.69) is 19.9 Å². The van der Waals surface area contributed by atoms with Crippen LogP contribution in [0.15, 0.2) is 42.7 Å². The molecule has 0 saturated carbocycles. The van der Waals surface area contributed by atoms with E-state index in [1.54, 1.807) is 30.3 Å². The lowest BCUT2D eigenvalue weighted by molar-refractivity contribution is 0.0993. The number of para-hydroxylation sites is 2. The molecule has 1 aromatic carbocycles. The first-order valence-electron chi connectivity index (χ1n) is 7.05. The number of halogens is 1. The first-order valence-corrected chi connectivity index (χ1v) is 7.43. The van der Waals surface area contributed by atoms with Gasteiger partial charge in [0.1, 0.15) is 0 Å². The Morgan fingerprint density at radius 2 is 1.72 bits per heavy atom. The highest BCUT2D eigenvalue weighted by Crippen LogP contribution is 2.36.